The number of anilines is 1. The summed E-state index contributed by atoms with van der Waals surface area (Å²) in [5.74, 6) is 0.927. The van der Waals surface area contributed by atoms with Crippen LogP contribution >= 0.6 is 0 Å². The van der Waals surface area contributed by atoms with Gasteiger partial charge in [-0.2, -0.15) is 0 Å². The van der Waals surface area contributed by atoms with Gasteiger partial charge in [-0.1, -0.05) is 18.2 Å². The van der Waals surface area contributed by atoms with Gasteiger partial charge in [-0.05, 0) is 31.2 Å². The van der Waals surface area contributed by atoms with Crippen LogP contribution in [-0.2, 0) is 4.74 Å². The van der Waals surface area contributed by atoms with Gasteiger partial charge in [0.2, 0.25) is 0 Å². The molecule has 2 aromatic carbocycles. The van der Waals surface area contributed by atoms with E-state index in [0.29, 0.717) is 47.1 Å². The summed E-state index contributed by atoms with van der Waals surface area (Å²) in [5, 5.41) is 3.41. The van der Waals surface area contributed by atoms with E-state index in [9.17, 15) is 4.39 Å². The van der Waals surface area contributed by atoms with Crippen molar-refractivity contribution in [2.24, 2.45) is 0 Å². The van der Waals surface area contributed by atoms with E-state index in [2.05, 4.69) is 25.3 Å². The standard InChI is InChI=1S/C22H20FN7O/c1-2-31-11-17(28-21-19-20(25-12-24-19)26-13-27-21)22-29-16-9-8-14(23)10-18(16)30(22)15-6-4-3-5-7-15/h3-10,12-13,17H,2,11H2,1H3,(H2,24,25,26,27,28). The van der Waals surface area contributed by atoms with E-state index in [1.165, 1.54) is 18.5 Å². The lowest BCUT2D eigenvalue weighted by Crippen LogP contribution is -2.22. The minimum atomic E-state index is -0.370. The highest BCUT2D eigenvalue weighted by molar-refractivity contribution is 5.82. The molecule has 0 aliphatic rings. The van der Waals surface area contributed by atoms with Crippen LogP contribution in [0.15, 0.2) is 61.2 Å². The summed E-state index contributed by atoms with van der Waals surface area (Å²) in [4.78, 5) is 20.7. The zero-order chi connectivity index (χ0) is 21.2. The van der Waals surface area contributed by atoms with Crippen molar-refractivity contribution in [2.75, 3.05) is 18.5 Å². The third kappa shape index (κ3) is 3.59. The quantitative estimate of drug-likeness (QED) is 0.415. The number of benzene rings is 2. The molecular weight excluding hydrogens is 397 g/mol. The molecule has 1 atom stereocenters. The number of para-hydroxylation sites is 1. The van der Waals surface area contributed by atoms with Crippen molar-refractivity contribution in [1.82, 2.24) is 29.5 Å². The molecule has 1 unspecified atom stereocenters. The smallest absolute Gasteiger partial charge is 0.162 e. The Morgan fingerprint density at radius 1 is 1.13 bits per heavy atom. The first-order valence-corrected chi connectivity index (χ1v) is 9.96. The SMILES string of the molecule is CCOCC(Nc1ncnc2[nH]cnc12)c1nc2ccc(F)cc2n1-c1ccccc1. The lowest BCUT2D eigenvalue weighted by atomic mass is 10.2. The molecule has 0 aliphatic carbocycles. The molecule has 0 bridgehead atoms. The van der Waals surface area contributed by atoms with E-state index in [4.69, 9.17) is 9.72 Å². The molecular formula is C22H20FN7O. The van der Waals surface area contributed by atoms with Crippen molar-refractivity contribution < 1.29 is 9.13 Å². The van der Waals surface area contributed by atoms with Gasteiger partial charge < -0.3 is 15.0 Å². The third-order valence-corrected chi connectivity index (χ3v) is 4.99. The lowest BCUT2D eigenvalue weighted by Gasteiger charge is -2.20. The number of nitrogens with one attached hydrogen (secondary N) is 2. The Kier molecular flexibility index (Phi) is 5.01. The van der Waals surface area contributed by atoms with E-state index < -0.39 is 0 Å². The van der Waals surface area contributed by atoms with Crippen molar-refractivity contribution in [3.8, 4) is 5.69 Å². The van der Waals surface area contributed by atoms with Crippen LogP contribution < -0.4 is 5.32 Å². The van der Waals surface area contributed by atoms with Gasteiger partial charge in [-0.3, -0.25) is 4.57 Å². The Morgan fingerprint density at radius 2 is 2.00 bits per heavy atom. The number of H-pyrrole nitrogens is 1. The molecule has 0 aliphatic heterocycles. The van der Waals surface area contributed by atoms with Crippen molar-refractivity contribution >= 4 is 28.0 Å². The second kappa shape index (κ2) is 8.11. The molecule has 3 heterocycles. The summed E-state index contributed by atoms with van der Waals surface area (Å²) in [5.41, 5.74) is 3.50. The summed E-state index contributed by atoms with van der Waals surface area (Å²) in [7, 11) is 0. The van der Waals surface area contributed by atoms with Gasteiger partial charge in [-0.25, -0.2) is 24.3 Å². The van der Waals surface area contributed by atoms with Gasteiger partial charge >= 0.3 is 0 Å². The molecule has 2 N–H and O–H groups in total. The van der Waals surface area contributed by atoms with Crippen LogP contribution in [0.2, 0.25) is 0 Å². The third-order valence-electron chi connectivity index (χ3n) is 4.99. The number of aromatic amines is 1. The summed E-state index contributed by atoms with van der Waals surface area (Å²) in [6.07, 6.45) is 3.04. The van der Waals surface area contributed by atoms with E-state index in [1.54, 1.807) is 12.4 Å². The minimum Gasteiger partial charge on any atom is -0.379 e. The van der Waals surface area contributed by atoms with Crippen LogP contribution in [0.3, 0.4) is 0 Å². The Bertz CT molecular complexity index is 1330. The fourth-order valence-corrected chi connectivity index (χ4v) is 3.60. The molecule has 31 heavy (non-hydrogen) atoms. The predicted molar refractivity (Wildman–Crippen MR) is 116 cm³/mol. The number of fused-ring (bicyclic) bond motifs is 2. The molecule has 0 radical (unpaired) electrons. The van der Waals surface area contributed by atoms with Crippen LogP contribution in [-0.4, -0.2) is 42.7 Å². The fraction of sp³-hybridized carbons (Fsp3) is 0.182. The van der Waals surface area contributed by atoms with Crippen LogP contribution in [0.4, 0.5) is 10.2 Å². The van der Waals surface area contributed by atoms with Crippen molar-refractivity contribution in [3.63, 3.8) is 0 Å². The number of aromatic nitrogens is 6. The number of halogens is 1. The molecule has 0 amide bonds. The average molecular weight is 417 g/mol. The minimum absolute atomic E-state index is 0.320. The van der Waals surface area contributed by atoms with Crippen LogP contribution in [0, 0.1) is 5.82 Å². The van der Waals surface area contributed by atoms with E-state index in [-0.39, 0.29) is 11.9 Å². The van der Waals surface area contributed by atoms with Crippen LogP contribution in [0.1, 0.15) is 18.8 Å². The molecule has 0 fully saturated rings. The summed E-state index contributed by atoms with van der Waals surface area (Å²) in [6, 6.07) is 14.0. The van der Waals surface area contributed by atoms with E-state index >= 15 is 0 Å². The Morgan fingerprint density at radius 3 is 2.84 bits per heavy atom. The number of hydrogen-bond donors (Lipinski definition) is 2. The predicted octanol–water partition coefficient (Wildman–Crippen LogP) is 4.02. The van der Waals surface area contributed by atoms with E-state index in [1.807, 2.05) is 41.8 Å². The number of hydrogen-bond acceptors (Lipinski definition) is 6. The van der Waals surface area contributed by atoms with Crippen molar-refractivity contribution in [3.05, 3.63) is 72.8 Å². The highest BCUT2D eigenvalue weighted by Gasteiger charge is 2.23. The maximum absolute atomic E-state index is 14.1. The average Bonchev–Trinajstić information content (AvgIpc) is 3.42. The Hall–Kier alpha value is -3.85. The molecule has 156 valence electrons. The first kappa shape index (κ1) is 19.1. The Balaban J connectivity index is 1.67. The van der Waals surface area contributed by atoms with Gasteiger partial charge in [0.15, 0.2) is 11.5 Å². The summed E-state index contributed by atoms with van der Waals surface area (Å²) < 4.78 is 21.8. The largest absolute Gasteiger partial charge is 0.379 e. The summed E-state index contributed by atoms with van der Waals surface area (Å²) >= 11 is 0. The van der Waals surface area contributed by atoms with Gasteiger partial charge in [0.25, 0.3) is 0 Å². The number of nitrogens with zero attached hydrogens (tertiary/aromatic N) is 5. The highest BCUT2D eigenvalue weighted by atomic mass is 19.1. The molecule has 9 heteroatoms. The van der Waals surface area contributed by atoms with E-state index in [0.717, 1.165) is 5.69 Å². The zero-order valence-electron chi connectivity index (χ0n) is 16.8. The molecule has 5 rings (SSSR count). The van der Waals surface area contributed by atoms with Gasteiger partial charge in [0.05, 0.1) is 24.0 Å². The van der Waals surface area contributed by atoms with Crippen molar-refractivity contribution in [1.29, 1.82) is 0 Å². The monoisotopic (exact) mass is 417 g/mol. The summed E-state index contributed by atoms with van der Waals surface area (Å²) in [6.45, 7) is 2.81. The lowest BCUT2D eigenvalue weighted by molar-refractivity contribution is 0.136. The Labute approximate surface area is 177 Å². The first-order valence-electron chi connectivity index (χ1n) is 9.96. The molecule has 0 saturated heterocycles. The number of imidazole rings is 2. The molecule has 0 spiro atoms. The van der Waals surface area contributed by atoms with Crippen LogP contribution in [0.25, 0.3) is 27.9 Å². The van der Waals surface area contributed by atoms with Gasteiger partial charge in [0, 0.05) is 18.4 Å². The number of ether oxygens (including phenoxy) is 1. The molecule has 0 saturated carbocycles. The second-order valence-corrected chi connectivity index (χ2v) is 6.95. The maximum atomic E-state index is 14.1. The molecule has 3 aromatic heterocycles. The highest BCUT2D eigenvalue weighted by Crippen LogP contribution is 2.29. The van der Waals surface area contributed by atoms with Crippen molar-refractivity contribution in [2.45, 2.75) is 13.0 Å². The maximum Gasteiger partial charge on any atom is 0.162 e. The second-order valence-electron chi connectivity index (χ2n) is 6.95. The van der Waals surface area contributed by atoms with Gasteiger partial charge in [0.1, 0.15) is 29.5 Å². The fourth-order valence-electron chi connectivity index (χ4n) is 3.60. The normalized spacial score (nSPS) is 12.5. The first-order chi connectivity index (χ1) is 15.2. The number of rotatable bonds is 7. The molecule has 8 nitrogen and oxygen atoms in total. The van der Waals surface area contributed by atoms with Gasteiger partial charge in [-0.15, -0.1) is 0 Å². The van der Waals surface area contributed by atoms with Crippen LogP contribution in [0.5, 0.6) is 0 Å². The zero-order valence-corrected chi connectivity index (χ0v) is 16.8. The molecule has 5 aromatic rings. The topological polar surface area (TPSA) is 93.5 Å².